The van der Waals surface area contributed by atoms with Gasteiger partial charge in [-0.25, -0.2) is 0 Å². The highest BCUT2D eigenvalue weighted by Crippen LogP contribution is 2.33. The molecule has 1 heterocycles. The number of aryl methyl sites for hydroxylation is 1. The summed E-state index contributed by atoms with van der Waals surface area (Å²) in [5.74, 6) is 1.45. The average molecular weight is 430 g/mol. The second-order valence-electron chi connectivity index (χ2n) is 6.40. The molecule has 0 N–H and O–H groups in total. The summed E-state index contributed by atoms with van der Waals surface area (Å²) in [5, 5.41) is 0. The van der Waals surface area contributed by atoms with Gasteiger partial charge in [0.25, 0.3) is 5.91 Å². The highest BCUT2D eigenvalue weighted by Gasteiger charge is 2.28. The van der Waals surface area contributed by atoms with Crippen LogP contribution in [-0.2, 0) is 9.53 Å². The number of rotatable bonds is 9. The van der Waals surface area contributed by atoms with Crippen molar-refractivity contribution in [2.24, 2.45) is 0 Å². The van der Waals surface area contributed by atoms with Crippen molar-refractivity contribution in [1.29, 1.82) is 0 Å². The van der Waals surface area contributed by atoms with Crippen molar-refractivity contribution in [2.75, 3.05) is 33.5 Å². The molecule has 0 saturated carbocycles. The van der Waals surface area contributed by atoms with Gasteiger partial charge in [-0.3, -0.25) is 9.69 Å². The molecule has 1 aliphatic heterocycles. The maximum atomic E-state index is 12.2. The number of ether oxygens (including phenoxy) is 3. The van der Waals surface area contributed by atoms with Gasteiger partial charge in [-0.2, -0.15) is 0 Å². The molecule has 1 aliphatic rings. The third kappa shape index (κ3) is 6.06. The van der Waals surface area contributed by atoms with Crippen molar-refractivity contribution < 1.29 is 19.0 Å². The number of thiocarbonyl (C=S) groups is 1. The van der Waals surface area contributed by atoms with Gasteiger partial charge in [0, 0.05) is 12.6 Å². The molecule has 2 aromatic rings. The van der Waals surface area contributed by atoms with E-state index in [-0.39, 0.29) is 5.91 Å². The standard InChI is InChI=1S/C22H23NO4S2/c1-16-7-9-18(10-8-16)26-13-11-25-12-14-27-19-6-4-3-5-17(19)15-20-21(24)23(2)22(28)29-20/h3-10,15H,11-14H2,1-2H3/b20-15-. The van der Waals surface area contributed by atoms with Gasteiger partial charge in [0.2, 0.25) is 0 Å². The Morgan fingerprint density at radius 1 is 1.00 bits per heavy atom. The summed E-state index contributed by atoms with van der Waals surface area (Å²) in [5.41, 5.74) is 2.04. The third-order valence-electron chi connectivity index (χ3n) is 4.19. The Bertz CT molecular complexity index is 896. The predicted octanol–water partition coefficient (Wildman–Crippen LogP) is 4.30. The topological polar surface area (TPSA) is 48.0 Å². The summed E-state index contributed by atoms with van der Waals surface area (Å²) in [6.45, 7) is 3.86. The lowest BCUT2D eigenvalue weighted by atomic mass is 10.2. The fourth-order valence-electron chi connectivity index (χ4n) is 2.58. The molecule has 0 spiro atoms. The minimum atomic E-state index is -0.0910. The monoisotopic (exact) mass is 429 g/mol. The van der Waals surface area contributed by atoms with Crippen LogP contribution in [0.1, 0.15) is 11.1 Å². The van der Waals surface area contributed by atoms with Crippen molar-refractivity contribution in [2.45, 2.75) is 6.92 Å². The number of para-hydroxylation sites is 1. The van der Waals surface area contributed by atoms with E-state index < -0.39 is 0 Å². The number of benzene rings is 2. The van der Waals surface area contributed by atoms with Crippen molar-refractivity contribution in [1.82, 2.24) is 4.90 Å². The van der Waals surface area contributed by atoms with Gasteiger partial charge in [-0.05, 0) is 31.2 Å². The number of nitrogens with zero attached hydrogens (tertiary/aromatic N) is 1. The Morgan fingerprint density at radius 2 is 1.69 bits per heavy atom. The second-order valence-corrected chi connectivity index (χ2v) is 8.08. The zero-order valence-corrected chi connectivity index (χ0v) is 18.1. The lowest BCUT2D eigenvalue weighted by molar-refractivity contribution is -0.121. The molecule has 0 atom stereocenters. The van der Waals surface area contributed by atoms with Gasteiger partial charge in [-0.1, -0.05) is 59.9 Å². The van der Waals surface area contributed by atoms with E-state index in [4.69, 9.17) is 26.4 Å². The molecule has 5 nitrogen and oxygen atoms in total. The highest BCUT2D eigenvalue weighted by atomic mass is 32.2. The summed E-state index contributed by atoms with van der Waals surface area (Å²) < 4.78 is 17.6. The van der Waals surface area contributed by atoms with Crippen LogP contribution in [0.2, 0.25) is 0 Å². The number of hydrogen-bond donors (Lipinski definition) is 0. The molecular weight excluding hydrogens is 406 g/mol. The van der Waals surface area contributed by atoms with Crippen molar-refractivity contribution in [3.63, 3.8) is 0 Å². The molecule has 0 unspecified atom stereocenters. The minimum absolute atomic E-state index is 0.0910. The molecule has 1 fully saturated rings. The Balaban J connectivity index is 1.43. The quantitative estimate of drug-likeness (QED) is 0.337. The maximum absolute atomic E-state index is 12.2. The highest BCUT2D eigenvalue weighted by molar-refractivity contribution is 8.26. The van der Waals surface area contributed by atoms with Crippen LogP contribution in [0.3, 0.4) is 0 Å². The fraction of sp³-hybridized carbons (Fsp3) is 0.273. The molecule has 152 valence electrons. The number of thioether (sulfide) groups is 1. The molecule has 7 heteroatoms. The Morgan fingerprint density at radius 3 is 2.38 bits per heavy atom. The van der Waals surface area contributed by atoms with E-state index >= 15 is 0 Å². The largest absolute Gasteiger partial charge is 0.491 e. The van der Waals surface area contributed by atoms with Gasteiger partial charge in [0.15, 0.2) is 0 Å². The molecule has 29 heavy (non-hydrogen) atoms. The summed E-state index contributed by atoms with van der Waals surface area (Å²) in [4.78, 5) is 14.3. The van der Waals surface area contributed by atoms with Gasteiger partial charge >= 0.3 is 0 Å². The van der Waals surface area contributed by atoms with E-state index in [0.717, 1.165) is 11.3 Å². The molecule has 0 radical (unpaired) electrons. The molecule has 0 aliphatic carbocycles. The van der Waals surface area contributed by atoms with E-state index in [0.29, 0.717) is 41.4 Å². The fourth-order valence-corrected chi connectivity index (χ4v) is 3.75. The molecule has 0 aromatic heterocycles. The zero-order valence-electron chi connectivity index (χ0n) is 16.4. The summed E-state index contributed by atoms with van der Waals surface area (Å²) in [7, 11) is 1.68. The van der Waals surface area contributed by atoms with Crippen LogP contribution >= 0.6 is 24.0 Å². The Kier molecular flexibility index (Phi) is 7.69. The normalized spacial score (nSPS) is 15.2. The van der Waals surface area contributed by atoms with E-state index in [1.54, 1.807) is 7.05 Å². The number of likely N-dealkylation sites (N-methyl/N-ethyl adjacent to an activating group) is 1. The number of hydrogen-bond acceptors (Lipinski definition) is 6. The van der Waals surface area contributed by atoms with E-state index in [1.165, 1.54) is 22.2 Å². The van der Waals surface area contributed by atoms with Crippen LogP contribution in [0, 0.1) is 6.92 Å². The van der Waals surface area contributed by atoms with Crippen LogP contribution in [0.25, 0.3) is 6.08 Å². The molecule has 2 aromatic carbocycles. The SMILES string of the molecule is Cc1ccc(OCCOCCOc2ccccc2/C=C2\SC(=S)N(C)C2=O)cc1. The molecule has 3 rings (SSSR count). The number of amides is 1. The summed E-state index contributed by atoms with van der Waals surface area (Å²) in [6.07, 6.45) is 1.81. The van der Waals surface area contributed by atoms with Crippen LogP contribution in [0.15, 0.2) is 53.4 Å². The van der Waals surface area contributed by atoms with Crippen LogP contribution in [0.5, 0.6) is 11.5 Å². The number of carbonyl (C=O) groups is 1. The third-order valence-corrected chi connectivity index (χ3v) is 5.68. The van der Waals surface area contributed by atoms with Gasteiger partial charge in [-0.15, -0.1) is 0 Å². The van der Waals surface area contributed by atoms with Crippen molar-refractivity contribution >= 4 is 40.3 Å². The zero-order chi connectivity index (χ0) is 20.6. The first kappa shape index (κ1) is 21.4. The summed E-state index contributed by atoms with van der Waals surface area (Å²) >= 11 is 6.47. The minimum Gasteiger partial charge on any atom is -0.491 e. The first-order valence-corrected chi connectivity index (χ1v) is 10.5. The van der Waals surface area contributed by atoms with Gasteiger partial charge < -0.3 is 14.2 Å². The van der Waals surface area contributed by atoms with Gasteiger partial charge in [0.1, 0.15) is 29.0 Å². The van der Waals surface area contributed by atoms with E-state index in [1.807, 2.05) is 61.5 Å². The summed E-state index contributed by atoms with van der Waals surface area (Å²) in [6, 6.07) is 15.5. The average Bonchev–Trinajstić information content (AvgIpc) is 2.96. The van der Waals surface area contributed by atoms with Crippen LogP contribution < -0.4 is 9.47 Å². The van der Waals surface area contributed by atoms with Gasteiger partial charge in [0.05, 0.1) is 18.1 Å². The van der Waals surface area contributed by atoms with Crippen molar-refractivity contribution in [3.05, 3.63) is 64.6 Å². The first-order chi connectivity index (χ1) is 14.0. The molecular formula is C22H23NO4S2. The maximum Gasteiger partial charge on any atom is 0.265 e. The van der Waals surface area contributed by atoms with E-state index in [2.05, 4.69) is 0 Å². The van der Waals surface area contributed by atoms with E-state index in [9.17, 15) is 4.79 Å². The number of carbonyl (C=O) groups excluding carboxylic acids is 1. The molecule has 1 amide bonds. The Labute approximate surface area is 180 Å². The molecule has 1 saturated heterocycles. The van der Waals surface area contributed by atoms with Crippen LogP contribution in [0.4, 0.5) is 0 Å². The lowest BCUT2D eigenvalue weighted by Crippen LogP contribution is -2.22. The smallest absolute Gasteiger partial charge is 0.265 e. The van der Waals surface area contributed by atoms with Crippen LogP contribution in [-0.4, -0.2) is 48.6 Å². The molecule has 0 bridgehead atoms. The lowest BCUT2D eigenvalue weighted by Gasteiger charge is -2.11. The first-order valence-electron chi connectivity index (χ1n) is 9.25. The predicted molar refractivity (Wildman–Crippen MR) is 120 cm³/mol. The second kappa shape index (κ2) is 10.4. The Hall–Kier alpha value is -2.35. The van der Waals surface area contributed by atoms with Crippen molar-refractivity contribution in [3.8, 4) is 11.5 Å².